The maximum absolute atomic E-state index is 12.3. The maximum atomic E-state index is 12.3. The van der Waals surface area contributed by atoms with Crippen LogP contribution in [0.25, 0.3) is 10.9 Å². The second-order valence-corrected chi connectivity index (χ2v) is 8.32. The molecule has 0 fully saturated rings. The summed E-state index contributed by atoms with van der Waals surface area (Å²) in [6.45, 7) is 1.60. The Labute approximate surface area is 150 Å². The molecular formula is C18H17ClN2O3S. The molecule has 3 rings (SSSR count). The Bertz CT molecular complexity index is 1020. The van der Waals surface area contributed by atoms with E-state index < -0.39 is 9.84 Å². The second kappa shape index (κ2) is 6.90. The Balaban J connectivity index is 1.74. The van der Waals surface area contributed by atoms with Crippen LogP contribution in [0.3, 0.4) is 0 Å². The topological polar surface area (TPSA) is 79.0 Å². The second-order valence-electron chi connectivity index (χ2n) is 5.63. The molecule has 0 radical (unpaired) electrons. The summed E-state index contributed by atoms with van der Waals surface area (Å²) in [5.74, 6) is -0.133. The van der Waals surface area contributed by atoms with Gasteiger partial charge in [-0.15, -0.1) is 0 Å². The summed E-state index contributed by atoms with van der Waals surface area (Å²) in [5, 5.41) is 4.29. The van der Waals surface area contributed by atoms with Crippen molar-refractivity contribution < 1.29 is 13.2 Å². The van der Waals surface area contributed by atoms with Crippen LogP contribution in [0.15, 0.2) is 53.6 Å². The molecule has 25 heavy (non-hydrogen) atoms. The number of aromatic nitrogens is 1. The maximum Gasteiger partial charge on any atom is 0.228 e. The molecule has 2 aromatic carbocycles. The Kier molecular flexibility index (Phi) is 4.83. The van der Waals surface area contributed by atoms with Gasteiger partial charge in [-0.3, -0.25) is 4.79 Å². The average Bonchev–Trinajstić information content (AvgIpc) is 3.09. The number of anilines is 1. The zero-order valence-electron chi connectivity index (χ0n) is 13.5. The van der Waals surface area contributed by atoms with Crippen molar-refractivity contribution in [3.05, 3.63) is 59.2 Å². The van der Waals surface area contributed by atoms with E-state index >= 15 is 0 Å². The van der Waals surface area contributed by atoms with Crippen molar-refractivity contribution in [3.8, 4) is 0 Å². The minimum atomic E-state index is -3.23. The van der Waals surface area contributed by atoms with Crippen LogP contribution in [-0.2, 0) is 21.1 Å². The molecule has 1 amide bonds. The van der Waals surface area contributed by atoms with E-state index in [1.54, 1.807) is 37.4 Å². The number of hydrogen-bond donors (Lipinski definition) is 2. The number of rotatable bonds is 5. The van der Waals surface area contributed by atoms with E-state index in [1.165, 1.54) is 12.1 Å². The van der Waals surface area contributed by atoms with Gasteiger partial charge in [0.15, 0.2) is 9.84 Å². The molecule has 130 valence electrons. The molecule has 7 heteroatoms. The van der Waals surface area contributed by atoms with Gasteiger partial charge < -0.3 is 10.3 Å². The van der Waals surface area contributed by atoms with Crippen molar-refractivity contribution in [3.63, 3.8) is 0 Å². The van der Waals surface area contributed by atoms with Gasteiger partial charge in [0.1, 0.15) is 0 Å². The third kappa shape index (κ3) is 3.70. The lowest BCUT2D eigenvalue weighted by atomic mass is 10.1. The molecule has 3 aromatic rings. The molecule has 1 aromatic heterocycles. The van der Waals surface area contributed by atoms with Crippen LogP contribution < -0.4 is 5.32 Å². The first-order chi connectivity index (χ1) is 11.9. The fourth-order valence-electron chi connectivity index (χ4n) is 2.59. The monoisotopic (exact) mass is 376 g/mol. The molecular weight excluding hydrogens is 360 g/mol. The summed E-state index contributed by atoms with van der Waals surface area (Å²) in [6, 6.07) is 11.7. The van der Waals surface area contributed by atoms with E-state index in [2.05, 4.69) is 10.3 Å². The van der Waals surface area contributed by atoms with Gasteiger partial charge in [-0.1, -0.05) is 30.7 Å². The zero-order valence-corrected chi connectivity index (χ0v) is 15.1. The Morgan fingerprint density at radius 1 is 1.12 bits per heavy atom. The number of benzene rings is 2. The van der Waals surface area contributed by atoms with Crippen LogP contribution >= 0.6 is 11.6 Å². The molecule has 0 unspecified atom stereocenters. The fraction of sp³-hybridized carbons (Fsp3) is 0.167. The molecule has 0 aliphatic heterocycles. The van der Waals surface area contributed by atoms with E-state index in [1.807, 2.05) is 6.07 Å². The summed E-state index contributed by atoms with van der Waals surface area (Å²) >= 11 is 6.11. The van der Waals surface area contributed by atoms with E-state index in [9.17, 15) is 13.2 Å². The zero-order chi connectivity index (χ0) is 18.0. The van der Waals surface area contributed by atoms with Gasteiger partial charge in [-0.25, -0.2) is 8.42 Å². The fourth-order valence-corrected chi connectivity index (χ4v) is 3.69. The van der Waals surface area contributed by atoms with Crippen LogP contribution in [0, 0.1) is 0 Å². The summed E-state index contributed by atoms with van der Waals surface area (Å²) in [4.78, 5) is 15.6. The molecule has 0 saturated carbocycles. The number of halogens is 1. The standard InChI is InChI=1S/C18H17ClN2O3S/c1-2-25(23,24)13-5-3-12(4-6-13)11-17(22)21-16-8-7-15(19)18-14(16)9-10-20-18/h3-10,20H,2,11H2,1H3,(H,21,22). The van der Waals surface area contributed by atoms with Crippen molar-refractivity contribution in [1.29, 1.82) is 0 Å². The largest absolute Gasteiger partial charge is 0.360 e. The van der Waals surface area contributed by atoms with Crippen LogP contribution in [0.2, 0.25) is 5.02 Å². The van der Waals surface area contributed by atoms with Crippen molar-refractivity contribution in [1.82, 2.24) is 4.98 Å². The summed E-state index contributed by atoms with van der Waals surface area (Å²) in [5.41, 5.74) is 2.19. The number of nitrogens with one attached hydrogen (secondary N) is 2. The van der Waals surface area contributed by atoms with Gasteiger partial charge in [0.2, 0.25) is 5.91 Å². The highest BCUT2D eigenvalue weighted by Crippen LogP contribution is 2.28. The number of amides is 1. The highest BCUT2D eigenvalue weighted by atomic mass is 35.5. The summed E-state index contributed by atoms with van der Waals surface area (Å²) < 4.78 is 23.6. The van der Waals surface area contributed by atoms with Crippen molar-refractivity contribution >= 4 is 43.9 Å². The Morgan fingerprint density at radius 3 is 2.52 bits per heavy atom. The van der Waals surface area contributed by atoms with Crippen LogP contribution in [0.1, 0.15) is 12.5 Å². The molecule has 0 aliphatic carbocycles. The first-order valence-corrected chi connectivity index (χ1v) is 9.81. The smallest absolute Gasteiger partial charge is 0.228 e. The molecule has 5 nitrogen and oxygen atoms in total. The molecule has 2 N–H and O–H groups in total. The van der Waals surface area contributed by atoms with Crippen LogP contribution in [-0.4, -0.2) is 25.1 Å². The number of H-pyrrole nitrogens is 1. The molecule has 0 saturated heterocycles. The van der Waals surface area contributed by atoms with Crippen LogP contribution in [0.5, 0.6) is 0 Å². The lowest BCUT2D eigenvalue weighted by Gasteiger charge is -2.08. The molecule has 0 atom stereocenters. The van der Waals surface area contributed by atoms with E-state index in [0.717, 1.165) is 16.5 Å². The lowest BCUT2D eigenvalue weighted by Crippen LogP contribution is -2.14. The van der Waals surface area contributed by atoms with Gasteiger partial charge in [-0.2, -0.15) is 0 Å². The lowest BCUT2D eigenvalue weighted by molar-refractivity contribution is -0.115. The normalized spacial score (nSPS) is 11.6. The Morgan fingerprint density at radius 2 is 1.84 bits per heavy atom. The average molecular weight is 377 g/mol. The number of carbonyl (C=O) groups is 1. The van der Waals surface area contributed by atoms with Crippen LogP contribution in [0.4, 0.5) is 5.69 Å². The number of hydrogen-bond acceptors (Lipinski definition) is 3. The van der Waals surface area contributed by atoms with E-state index in [4.69, 9.17) is 11.6 Å². The van der Waals surface area contributed by atoms with Gasteiger partial charge in [-0.05, 0) is 35.9 Å². The first-order valence-electron chi connectivity index (χ1n) is 7.78. The van der Waals surface area contributed by atoms with Gasteiger partial charge in [0.05, 0.1) is 33.3 Å². The number of aromatic amines is 1. The molecule has 0 spiro atoms. The number of sulfone groups is 1. The van der Waals surface area contributed by atoms with Gasteiger partial charge in [0, 0.05) is 11.6 Å². The van der Waals surface area contributed by atoms with Gasteiger partial charge in [0.25, 0.3) is 0 Å². The summed E-state index contributed by atoms with van der Waals surface area (Å²) in [7, 11) is -3.23. The predicted molar refractivity (Wildman–Crippen MR) is 99.8 cm³/mol. The third-order valence-electron chi connectivity index (χ3n) is 3.97. The molecule has 0 aliphatic rings. The Hall–Kier alpha value is -2.31. The van der Waals surface area contributed by atoms with Crippen molar-refractivity contribution in [2.45, 2.75) is 18.2 Å². The third-order valence-corrected chi connectivity index (χ3v) is 6.04. The summed E-state index contributed by atoms with van der Waals surface area (Å²) in [6.07, 6.45) is 1.92. The van der Waals surface area contributed by atoms with Gasteiger partial charge >= 0.3 is 0 Å². The molecule has 0 bridgehead atoms. The highest BCUT2D eigenvalue weighted by Gasteiger charge is 2.13. The predicted octanol–water partition coefficient (Wildman–Crippen LogP) is 3.80. The van der Waals surface area contributed by atoms with E-state index in [0.29, 0.717) is 10.7 Å². The quantitative estimate of drug-likeness (QED) is 0.710. The van der Waals surface area contributed by atoms with Crippen molar-refractivity contribution in [2.75, 3.05) is 11.1 Å². The number of fused-ring (bicyclic) bond motifs is 1. The first kappa shape index (κ1) is 17.5. The molecule has 1 heterocycles. The highest BCUT2D eigenvalue weighted by molar-refractivity contribution is 7.91. The minimum Gasteiger partial charge on any atom is -0.360 e. The van der Waals surface area contributed by atoms with Crippen molar-refractivity contribution in [2.24, 2.45) is 0 Å². The van der Waals surface area contributed by atoms with E-state index in [-0.39, 0.29) is 23.0 Å². The minimum absolute atomic E-state index is 0.0516. The SMILES string of the molecule is CCS(=O)(=O)c1ccc(CC(=O)Nc2ccc(Cl)c3[nH]ccc23)cc1. The number of carbonyl (C=O) groups excluding carboxylic acids is 1.